The summed E-state index contributed by atoms with van der Waals surface area (Å²) < 4.78 is 41.0. The summed E-state index contributed by atoms with van der Waals surface area (Å²) in [6, 6.07) is 7.90. The molecule has 2 aromatic carbocycles. The quantitative estimate of drug-likeness (QED) is 0.668. The second-order valence-electron chi connectivity index (χ2n) is 5.34. The van der Waals surface area contributed by atoms with Gasteiger partial charge in [0.2, 0.25) is 5.91 Å². The molecular weight excluding hydrogens is 363 g/mol. The Kier molecular flexibility index (Phi) is 5.15. The van der Waals surface area contributed by atoms with Gasteiger partial charge in [0.15, 0.2) is 17.5 Å². The van der Waals surface area contributed by atoms with E-state index in [2.05, 4.69) is 20.7 Å². The molecule has 27 heavy (non-hydrogen) atoms. The van der Waals surface area contributed by atoms with Crippen LogP contribution in [0.15, 0.2) is 49.1 Å². The standard InChI is InChI=1S/C17H12F3N5O2/c18-12-5-6-13(16(20)15(12)19)24-14(26)7-22-17(27)10-1-3-11(4-2-10)25-9-21-8-23-25/h1-6,8-9H,7H2,(H,22,27)(H,24,26). The number of halogens is 3. The smallest absolute Gasteiger partial charge is 0.251 e. The van der Waals surface area contributed by atoms with Crippen LogP contribution < -0.4 is 10.6 Å². The zero-order chi connectivity index (χ0) is 19.4. The fourth-order valence-electron chi connectivity index (χ4n) is 2.19. The van der Waals surface area contributed by atoms with Crippen LogP contribution in [0.3, 0.4) is 0 Å². The van der Waals surface area contributed by atoms with Gasteiger partial charge >= 0.3 is 0 Å². The van der Waals surface area contributed by atoms with E-state index in [9.17, 15) is 22.8 Å². The number of carbonyl (C=O) groups excluding carboxylic acids is 2. The van der Waals surface area contributed by atoms with Crippen LogP contribution in [0.1, 0.15) is 10.4 Å². The minimum absolute atomic E-state index is 0.283. The summed E-state index contributed by atoms with van der Waals surface area (Å²) in [7, 11) is 0. The first kappa shape index (κ1) is 18.1. The van der Waals surface area contributed by atoms with Crippen molar-refractivity contribution in [3.8, 4) is 5.69 Å². The molecule has 0 radical (unpaired) electrons. The Bertz CT molecular complexity index is 975. The lowest BCUT2D eigenvalue weighted by molar-refractivity contribution is -0.115. The molecule has 138 valence electrons. The van der Waals surface area contributed by atoms with Crippen molar-refractivity contribution in [1.29, 1.82) is 0 Å². The van der Waals surface area contributed by atoms with Crippen molar-refractivity contribution >= 4 is 17.5 Å². The van der Waals surface area contributed by atoms with Crippen molar-refractivity contribution in [2.24, 2.45) is 0 Å². The monoisotopic (exact) mass is 375 g/mol. The Morgan fingerprint density at radius 3 is 2.41 bits per heavy atom. The average molecular weight is 375 g/mol. The number of anilines is 1. The summed E-state index contributed by atoms with van der Waals surface area (Å²) in [5.74, 6) is -5.91. The molecule has 0 atom stereocenters. The topological polar surface area (TPSA) is 88.9 Å². The molecule has 7 nitrogen and oxygen atoms in total. The van der Waals surface area contributed by atoms with Crippen molar-refractivity contribution in [3.63, 3.8) is 0 Å². The SMILES string of the molecule is O=C(CNC(=O)c1ccc(-n2cncn2)cc1)Nc1ccc(F)c(F)c1F. The summed E-state index contributed by atoms with van der Waals surface area (Å²) in [5.41, 5.74) is 0.451. The molecule has 0 unspecified atom stereocenters. The van der Waals surface area contributed by atoms with Crippen LogP contribution in [0.4, 0.5) is 18.9 Å². The molecule has 2 amide bonds. The van der Waals surface area contributed by atoms with Gasteiger partial charge in [-0.05, 0) is 36.4 Å². The first-order valence-corrected chi connectivity index (χ1v) is 7.62. The fourth-order valence-corrected chi connectivity index (χ4v) is 2.19. The fraction of sp³-hybridized carbons (Fsp3) is 0.0588. The molecule has 0 saturated carbocycles. The Morgan fingerprint density at radius 2 is 1.74 bits per heavy atom. The van der Waals surface area contributed by atoms with Gasteiger partial charge in [-0.1, -0.05) is 0 Å². The van der Waals surface area contributed by atoms with Gasteiger partial charge in [-0.15, -0.1) is 0 Å². The van der Waals surface area contributed by atoms with Gasteiger partial charge in [0, 0.05) is 5.56 Å². The summed E-state index contributed by atoms with van der Waals surface area (Å²) in [5, 5.41) is 8.35. The van der Waals surface area contributed by atoms with Gasteiger partial charge < -0.3 is 10.6 Å². The normalized spacial score (nSPS) is 10.5. The van der Waals surface area contributed by atoms with E-state index in [1.807, 2.05) is 0 Å². The minimum atomic E-state index is -1.69. The molecule has 0 fully saturated rings. The third-order valence-corrected chi connectivity index (χ3v) is 3.53. The van der Waals surface area contributed by atoms with Gasteiger partial charge in [-0.3, -0.25) is 9.59 Å². The highest BCUT2D eigenvalue weighted by Crippen LogP contribution is 2.19. The van der Waals surface area contributed by atoms with Crippen LogP contribution in [-0.2, 0) is 4.79 Å². The number of nitrogens with one attached hydrogen (secondary N) is 2. The van der Waals surface area contributed by atoms with Crippen molar-refractivity contribution in [2.45, 2.75) is 0 Å². The van der Waals surface area contributed by atoms with E-state index in [1.54, 1.807) is 12.1 Å². The van der Waals surface area contributed by atoms with Crippen LogP contribution in [0.25, 0.3) is 5.69 Å². The largest absolute Gasteiger partial charge is 0.343 e. The first-order valence-electron chi connectivity index (χ1n) is 7.62. The van der Waals surface area contributed by atoms with Crippen molar-refractivity contribution < 1.29 is 22.8 Å². The third-order valence-electron chi connectivity index (χ3n) is 3.53. The predicted molar refractivity (Wildman–Crippen MR) is 88.6 cm³/mol. The van der Waals surface area contributed by atoms with E-state index < -0.39 is 41.5 Å². The van der Waals surface area contributed by atoms with E-state index in [0.717, 1.165) is 6.07 Å². The zero-order valence-corrected chi connectivity index (χ0v) is 13.6. The van der Waals surface area contributed by atoms with Crippen molar-refractivity contribution in [1.82, 2.24) is 20.1 Å². The van der Waals surface area contributed by atoms with Gasteiger partial charge in [0.1, 0.15) is 12.7 Å². The van der Waals surface area contributed by atoms with Gasteiger partial charge in [-0.25, -0.2) is 22.8 Å². The number of hydrogen-bond donors (Lipinski definition) is 2. The maximum absolute atomic E-state index is 13.5. The second kappa shape index (κ2) is 7.68. The minimum Gasteiger partial charge on any atom is -0.343 e. The number of benzene rings is 2. The van der Waals surface area contributed by atoms with Crippen molar-refractivity contribution in [3.05, 3.63) is 72.1 Å². The van der Waals surface area contributed by atoms with E-state index in [0.29, 0.717) is 11.8 Å². The number of aromatic nitrogens is 3. The molecule has 0 spiro atoms. The summed E-state index contributed by atoms with van der Waals surface area (Å²) >= 11 is 0. The summed E-state index contributed by atoms with van der Waals surface area (Å²) in [4.78, 5) is 27.6. The molecule has 1 heterocycles. The van der Waals surface area contributed by atoms with E-state index >= 15 is 0 Å². The Morgan fingerprint density at radius 1 is 1.00 bits per heavy atom. The van der Waals surface area contributed by atoms with Crippen LogP contribution in [0, 0.1) is 17.5 Å². The number of nitrogens with zero attached hydrogens (tertiary/aromatic N) is 3. The second-order valence-corrected chi connectivity index (χ2v) is 5.34. The molecule has 0 bridgehead atoms. The molecule has 2 N–H and O–H groups in total. The molecule has 0 aliphatic rings. The van der Waals surface area contributed by atoms with Gasteiger partial charge in [0.25, 0.3) is 5.91 Å². The molecule has 0 saturated heterocycles. The highest BCUT2D eigenvalue weighted by atomic mass is 19.2. The molecule has 10 heteroatoms. The number of rotatable bonds is 5. The highest BCUT2D eigenvalue weighted by molar-refractivity contribution is 5.99. The maximum atomic E-state index is 13.5. The van der Waals surface area contributed by atoms with Gasteiger partial charge in [0.05, 0.1) is 17.9 Å². The van der Waals surface area contributed by atoms with E-state index in [1.165, 1.54) is 29.5 Å². The molecule has 1 aromatic heterocycles. The Balaban J connectivity index is 1.57. The first-order chi connectivity index (χ1) is 13.0. The van der Waals surface area contributed by atoms with E-state index in [-0.39, 0.29) is 5.56 Å². The third kappa shape index (κ3) is 4.11. The van der Waals surface area contributed by atoms with Crippen molar-refractivity contribution in [2.75, 3.05) is 11.9 Å². The molecule has 3 rings (SSSR count). The van der Waals surface area contributed by atoms with Crippen LogP contribution in [-0.4, -0.2) is 33.1 Å². The lowest BCUT2D eigenvalue weighted by Crippen LogP contribution is -2.33. The Labute approximate surface area is 150 Å². The maximum Gasteiger partial charge on any atom is 0.251 e. The van der Waals surface area contributed by atoms with Crippen LogP contribution >= 0.6 is 0 Å². The lowest BCUT2D eigenvalue weighted by atomic mass is 10.2. The summed E-state index contributed by atoms with van der Waals surface area (Å²) in [6.07, 6.45) is 2.87. The highest BCUT2D eigenvalue weighted by Gasteiger charge is 2.15. The lowest BCUT2D eigenvalue weighted by Gasteiger charge is -2.09. The van der Waals surface area contributed by atoms with Gasteiger partial charge in [-0.2, -0.15) is 5.10 Å². The van der Waals surface area contributed by atoms with Crippen LogP contribution in [0.2, 0.25) is 0 Å². The molecule has 0 aliphatic carbocycles. The number of amides is 2. The average Bonchev–Trinajstić information content (AvgIpc) is 3.21. The number of hydrogen-bond acceptors (Lipinski definition) is 4. The van der Waals surface area contributed by atoms with E-state index in [4.69, 9.17) is 0 Å². The summed E-state index contributed by atoms with van der Waals surface area (Å²) in [6.45, 7) is -0.484. The molecular formula is C17H12F3N5O2. The predicted octanol–water partition coefficient (Wildman–Crippen LogP) is 2.05. The Hall–Kier alpha value is -3.69. The molecule has 0 aliphatic heterocycles. The zero-order valence-electron chi connectivity index (χ0n) is 13.6. The van der Waals surface area contributed by atoms with Crippen LogP contribution in [0.5, 0.6) is 0 Å². The molecule has 3 aromatic rings. The number of carbonyl (C=O) groups is 2.